The number of rotatable bonds is 2. The van der Waals surface area contributed by atoms with Gasteiger partial charge >= 0.3 is 0 Å². The molecule has 0 aliphatic carbocycles. The molecule has 1 saturated heterocycles. The molecule has 2 aliphatic heterocycles. The molecule has 1 fully saturated rings. The number of benzene rings is 1. The minimum atomic E-state index is 0.111. The molecule has 0 spiro atoms. The average molecular weight is 327 g/mol. The Hall–Kier alpha value is -0.390. The van der Waals surface area contributed by atoms with Crippen LogP contribution in [0.15, 0.2) is 18.2 Å². The second-order valence-electron chi connectivity index (χ2n) is 5.63. The Morgan fingerprint density at radius 1 is 1.40 bits per heavy atom. The lowest BCUT2D eigenvalue weighted by molar-refractivity contribution is 0.339. The van der Waals surface area contributed by atoms with Crippen molar-refractivity contribution in [3.05, 3.63) is 23.8 Å². The van der Waals surface area contributed by atoms with Crippen molar-refractivity contribution in [2.24, 2.45) is 0 Å². The first-order valence-corrected chi connectivity index (χ1v) is 10.3. The van der Waals surface area contributed by atoms with Crippen LogP contribution < -0.4 is 10.1 Å². The summed E-state index contributed by atoms with van der Waals surface area (Å²) in [7, 11) is 3.95. The second kappa shape index (κ2) is 5.43. The van der Waals surface area contributed by atoms with E-state index in [-0.39, 0.29) is 5.54 Å². The molecular weight excluding hydrogens is 306 g/mol. The molecule has 2 nitrogen and oxygen atoms in total. The first-order chi connectivity index (χ1) is 9.56. The smallest absolute Gasteiger partial charge is 0.253 e. The van der Waals surface area contributed by atoms with Crippen LogP contribution >= 0.6 is 21.6 Å². The number of ether oxygens (including phenoxy) is 1. The van der Waals surface area contributed by atoms with E-state index in [2.05, 4.69) is 43.6 Å². The maximum Gasteiger partial charge on any atom is 0.253 e. The first-order valence-electron chi connectivity index (χ1n) is 6.86. The van der Waals surface area contributed by atoms with E-state index in [1.165, 1.54) is 15.4 Å². The number of hydrogen-bond acceptors (Lipinski definition) is 4. The summed E-state index contributed by atoms with van der Waals surface area (Å²) in [5.74, 6) is 1.49. The van der Waals surface area contributed by atoms with Crippen LogP contribution in [0.2, 0.25) is 0 Å². The van der Waals surface area contributed by atoms with Crippen molar-refractivity contribution >= 4 is 42.8 Å². The Bertz CT molecular complexity index is 556. The van der Waals surface area contributed by atoms with Gasteiger partial charge in [-0.05, 0) is 44.5 Å². The Labute approximate surface area is 132 Å². The largest absolute Gasteiger partial charge is 0.494 e. The molecule has 0 amide bonds. The fourth-order valence-corrected chi connectivity index (χ4v) is 8.05. The maximum atomic E-state index is 5.68. The molecular formula is C15H20NOS3+. The van der Waals surface area contributed by atoms with Crippen molar-refractivity contribution in [1.29, 1.82) is 0 Å². The third-order valence-corrected chi connectivity index (χ3v) is 8.58. The normalized spacial score (nSPS) is 28.7. The molecule has 108 valence electrons. The van der Waals surface area contributed by atoms with E-state index in [1.54, 1.807) is 0 Å². The van der Waals surface area contributed by atoms with Gasteiger partial charge in [0.15, 0.2) is 17.6 Å². The topological polar surface area (TPSA) is 21.3 Å². The number of fused-ring (bicyclic) bond motifs is 3. The van der Waals surface area contributed by atoms with Gasteiger partial charge in [-0.25, -0.2) is 0 Å². The highest BCUT2D eigenvalue weighted by Crippen LogP contribution is 2.57. The molecule has 2 aliphatic rings. The molecule has 2 atom stereocenters. The highest BCUT2D eigenvalue weighted by molar-refractivity contribution is 8.84. The molecule has 0 bridgehead atoms. The van der Waals surface area contributed by atoms with Gasteiger partial charge in [0.05, 0.1) is 17.8 Å². The van der Waals surface area contributed by atoms with Crippen LogP contribution in [0.4, 0.5) is 5.69 Å². The zero-order valence-electron chi connectivity index (χ0n) is 12.2. The van der Waals surface area contributed by atoms with Gasteiger partial charge in [-0.15, -0.1) is 0 Å². The van der Waals surface area contributed by atoms with Gasteiger partial charge in [-0.3, -0.25) is 0 Å². The van der Waals surface area contributed by atoms with Crippen LogP contribution in [0, 0.1) is 0 Å². The van der Waals surface area contributed by atoms with Crippen molar-refractivity contribution in [2.75, 3.05) is 18.2 Å². The summed E-state index contributed by atoms with van der Waals surface area (Å²) in [5, 5.41) is 4.28. The lowest BCUT2D eigenvalue weighted by Gasteiger charge is -2.41. The van der Waals surface area contributed by atoms with E-state index in [4.69, 9.17) is 4.74 Å². The molecule has 5 heteroatoms. The zero-order valence-corrected chi connectivity index (χ0v) is 14.7. The van der Waals surface area contributed by atoms with Crippen molar-refractivity contribution in [1.82, 2.24) is 0 Å². The molecule has 3 rings (SSSR count). The highest BCUT2D eigenvalue weighted by atomic mass is 33.1. The van der Waals surface area contributed by atoms with Gasteiger partial charge in [0, 0.05) is 22.0 Å². The van der Waals surface area contributed by atoms with E-state index in [9.17, 15) is 0 Å². The summed E-state index contributed by atoms with van der Waals surface area (Å²) in [4.78, 5) is 0. The summed E-state index contributed by atoms with van der Waals surface area (Å²) in [6.45, 7) is 7.36. The maximum absolute atomic E-state index is 5.68. The molecule has 20 heavy (non-hydrogen) atoms. The van der Waals surface area contributed by atoms with Crippen molar-refractivity contribution < 1.29 is 4.74 Å². The molecule has 0 radical (unpaired) electrons. The Morgan fingerprint density at radius 2 is 2.20 bits per heavy atom. The molecule has 0 unspecified atom stereocenters. The number of anilines is 1. The highest BCUT2D eigenvalue weighted by Gasteiger charge is 2.52. The van der Waals surface area contributed by atoms with Gasteiger partial charge in [-0.2, -0.15) is 0 Å². The average Bonchev–Trinajstić information content (AvgIpc) is 2.85. The second-order valence-corrected chi connectivity index (χ2v) is 9.12. The van der Waals surface area contributed by atoms with Crippen molar-refractivity contribution in [3.63, 3.8) is 0 Å². The summed E-state index contributed by atoms with van der Waals surface area (Å²) in [5.41, 5.74) is 2.76. The van der Waals surface area contributed by atoms with Gasteiger partial charge in [0.2, 0.25) is 0 Å². The molecule has 2 heterocycles. The minimum absolute atomic E-state index is 0.111. The van der Waals surface area contributed by atoms with Crippen molar-refractivity contribution in [2.45, 2.75) is 37.5 Å². The Balaban J connectivity index is 2.10. The van der Waals surface area contributed by atoms with Crippen LogP contribution in [-0.2, 0) is 11.4 Å². The quantitative estimate of drug-likeness (QED) is 0.504. The first kappa shape index (κ1) is 14.5. The van der Waals surface area contributed by atoms with Crippen LogP contribution in [-0.4, -0.2) is 27.8 Å². The Kier molecular flexibility index (Phi) is 3.95. The Morgan fingerprint density at radius 3 is 2.90 bits per heavy atom. The standard InChI is InChI=1S/C15H20NOS3/c1-5-17-9-6-7-11-10(8-9)12-13(15(2,3)16-11)19-20-14(12)18-4/h6-8,12-13,16H,5H2,1-4H3/q+1/t12-,13-/m1/s1. The van der Waals surface area contributed by atoms with Crippen LogP contribution in [0.1, 0.15) is 32.3 Å². The third kappa shape index (κ3) is 2.34. The van der Waals surface area contributed by atoms with Gasteiger partial charge in [0.25, 0.3) is 4.20 Å². The van der Waals surface area contributed by atoms with Crippen molar-refractivity contribution in [3.8, 4) is 5.75 Å². The molecule has 0 saturated carbocycles. The van der Waals surface area contributed by atoms with E-state index in [1.807, 2.05) is 39.9 Å². The summed E-state index contributed by atoms with van der Waals surface area (Å²) in [6.07, 6.45) is 2.19. The predicted molar refractivity (Wildman–Crippen MR) is 95.3 cm³/mol. The van der Waals surface area contributed by atoms with E-state index in [0.29, 0.717) is 17.8 Å². The molecule has 1 N–H and O–H groups in total. The lowest BCUT2D eigenvalue weighted by atomic mass is 9.81. The monoisotopic (exact) mass is 326 g/mol. The molecule has 1 aromatic carbocycles. The fraction of sp³-hybridized carbons (Fsp3) is 0.533. The SMILES string of the molecule is CCOc1ccc2c(c1)[C@H]1C(=[S+]C)SS[C@H]1C(C)(C)N2. The van der Waals surface area contributed by atoms with Crippen LogP contribution in [0.25, 0.3) is 0 Å². The summed E-state index contributed by atoms with van der Waals surface area (Å²) >= 11 is 1.89. The van der Waals surface area contributed by atoms with Crippen LogP contribution in [0.5, 0.6) is 5.75 Å². The van der Waals surface area contributed by atoms with E-state index >= 15 is 0 Å². The van der Waals surface area contributed by atoms with Gasteiger partial charge in [-0.1, -0.05) is 10.8 Å². The minimum Gasteiger partial charge on any atom is -0.494 e. The third-order valence-electron chi connectivity index (χ3n) is 3.83. The van der Waals surface area contributed by atoms with Crippen LogP contribution in [0.3, 0.4) is 0 Å². The van der Waals surface area contributed by atoms with E-state index in [0.717, 1.165) is 5.75 Å². The van der Waals surface area contributed by atoms with Gasteiger partial charge in [0.1, 0.15) is 5.75 Å². The van der Waals surface area contributed by atoms with Gasteiger partial charge < -0.3 is 10.1 Å². The predicted octanol–water partition coefficient (Wildman–Crippen LogP) is 3.98. The lowest BCUT2D eigenvalue weighted by Crippen LogP contribution is -2.48. The number of hydrogen-bond donors (Lipinski definition) is 1. The van der Waals surface area contributed by atoms with E-state index < -0.39 is 0 Å². The fourth-order valence-electron chi connectivity index (χ4n) is 2.90. The number of nitrogens with one attached hydrogen (secondary N) is 1. The molecule has 1 aromatic rings. The summed E-state index contributed by atoms with van der Waals surface area (Å²) < 4.78 is 7.20. The molecule has 0 aromatic heterocycles. The zero-order chi connectivity index (χ0) is 14.3. The summed E-state index contributed by atoms with van der Waals surface area (Å²) in [6, 6.07) is 6.46.